The molecule has 0 aromatic carbocycles. The third-order valence-corrected chi connectivity index (χ3v) is 0. The second-order valence-electron chi connectivity index (χ2n) is 0. The van der Waals surface area contributed by atoms with E-state index in [1.807, 2.05) is 0 Å². The first-order valence-corrected chi connectivity index (χ1v) is 0. The Hall–Kier alpha value is 1.73. The van der Waals surface area contributed by atoms with Crippen LogP contribution in [0.1, 0.15) is 0 Å². The Balaban J connectivity index is 0. The molecule has 26 valence electrons. The van der Waals surface area contributed by atoms with Gasteiger partial charge >= 0.3 is 0 Å². The predicted molar refractivity (Wildman–Crippen MR) is 10.8 cm³/mol. The Morgan fingerprint density at radius 3 is 1.00 bits per heavy atom. The van der Waals surface area contributed by atoms with Crippen LogP contribution in [0.15, 0.2) is 0 Å². The molecular formula is H3AlCuNTi. The number of hydrogen-bond acceptors (Lipinski definition) is 1. The van der Waals surface area contributed by atoms with Crippen LogP contribution in [0.5, 0.6) is 0 Å². The zero-order valence-electron chi connectivity index (χ0n) is 2.09. The van der Waals surface area contributed by atoms with Crippen LogP contribution in [-0.4, -0.2) is 17.4 Å². The fraction of sp³-hybridized carbons (Fsp3) is 0. The van der Waals surface area contributed by atoms with Gasteiger partial charge < -0.3 is 6.15 Å². The summed E-state index contributed by atoms with van der Waals surface area (Å²) in [6, 6.07) is 0. The van der Waals surface area contributed by atoms with Crippen molar-refractivity contribution < 1.29 is 38.8 Å². The Kier molecular flexibility index (Phi) is 236. The zero-order chi connectivity index (χ0) is 0. The normalized spacial score (nSPS) is 0. The van der Waals surface area contributed by atoms with Crippen LogP contribution in [0.4, 0.5) is 0 Å². The van der Waals surface area contributed by atoms with Gasteiger partial charge in [0.2, 0.25) is 0 Å². The SMILES string of the molecule is N.[Al].[Cu].[Ti]. The van der Waals surface area contributed by atoms with E-state index in [9.17, 15) is 0 Å². The molecular weight excluding hydrogens is 152 g/mol. The zero-order valence-corrected chi connectivity index (χ0v) is 5.74. The summed E-state index contributed by atoms with van der Waals surface area (Å²) in [4.78, 5) is 0. The van der Waals surface area contributed by atoms with Crippen LogP contribution in [0.3, 0.4) is 0 Å². The largest absolute Gasteiger partial charge is 0.344 e. The summed E-state index contributed by atoms with van der Waals surface area (Å²) >= 11 is 0. The van der Waals surface area contributed by atoms with E-state index < -0.39 is 0 Å². The molecule has 0 heterocycles. The van der Waals surface area contributed by atoms with Crippen molar-refractivity contribution in [1.29, 1.82) is 0 Å². The van der Waals surface area contributed by atoms with E-state index in [1.165, 1.54) is 0 Å². The van der Waals surface area contributed by atoms with Crippen molar-refractivity contribution in [3.8, 4) is 0 Å². The van der Waals surface area contributed by atoms with Gasteiger partial charge in [-0.1, -0.05) is 0 Å². The molecule has 0 aromatic heterocycles. The molecule has 1 nitrogen and oxygen atoms in total. The first-order valence-electron chi connectivity index (χ1n) is 0. The van der Waals surface area contributed by atoms with E-state index >= 15 is 0 Å². The van der Waals surface area contributed by atoms with Crippen molar-refractivity contribution in [3.05, 3.63) is 0 Å². The van der Waals surface area contributed by atoms with Gasteiger partial charge in [0.1, 0.15) is 0 Å². The third-order valence-electron chi connectivity index (χ3n) is 0. The maximum absolute atomic E-state index is 0. The summed E-state index contributed by atoms with van der Waals surface area (Å²) in [6.07, 6.45) is 0. The Morgan fingerprint density at radius 2 is 1.00 bits per heavy atom. The molecule has 0 rings (SSSR count). The minimum absolute atomic E-state index is 0. The summed E-state index contributed by atoms with van der Waals surface area (Å²) in [6.45, 7) is 0. The first kappa shape index (κ1) is 42.9. The third kappa shape index (κ3) is 9.29. The molecule has 0 fully saturated rings. The molecule has 0 saturated heterocycles. The number of hydrogen-bond donors (Lipinski definition) is 1. The molecule has 0 aromatic rings. The van der Waals surface area contributed by atoms with E-state index in [4.69, 9.17) is 0 Å². The number of rotatable bonds is 0. The van der Waals surface area contributed by atoms with Gasteiger partial charge in [0.05, 0.1) is 0 Å². The summed E-state index contributed by atoms with van der Waals surface area (Å²) in [5.41, 5.74) is 0. The smallest absolute Gasteiger partial charge is 0 e. The Labute approximate surface area is 62.0 Å². The molecule has 0 spiro atoms. The van der Waals surface area contributed by atoms with Crippen LogP contribution in [-0.2, 0) is 38.8 Å². The first-order chi connectivity index (χ1) is 0. The van der Waals surface area contributed by atoms with Crippen LogP contribution in [0.2, 0.25) is 0 Å². The molecule has 4 heteroatoms. The van der Waals surface area contributed by atoms with E-state index in [1.54, 1.807) is 0 Å². The van der Waals surface area contributed by atoms with Crippen molar-refractivity contribution in [3.63, 3.8) is 0 Å². The summed E-state index contributed by atoms with van der Waals surface area (Å²) in [7, 11) is 0. The van der Waals surface area contributed by atoms with Gasteiger partial charge in [0, 0.05) is 56.1 Å². The second-order valence-corrected chi connectivity index (χ2v) is 0. The van der Waals surface area contributed by atoms with Crippen molar-refractivity contribution >= 4 is 17.4 Å². The fourth-order valence-corrected chi connectivity index (χ4v) is 0. The molecule has 4 heavy (non-hydrogen) atoms. The monoisotopic (exact) mass is 155 g/mol. The van der Waals surface area contributed by atoms with Crippen LogP contribution >= 0.6 is 0 Å². The van der Waals surface area contributed by atoms with E-state index in [2.05, 4.69) is 0 Å². The van der Waals surface area contributed by atoms with Gasteiger partial charge in [-0.3, -0.25) is 0 Å². The summed E-state index contributed by atoms with van der Waals surface area (Å²) < 4.78 is 0. The molecule has 0 aliphatic rings. The predicted octanol–water partition coefficient (Wildman–Crippen LogP) is -0.224. The average Bonchev–Trinajstić information content (AvgIpc) is 0. The maximum atomic E-state index is 0. The van der Waals surface area contributed by atoms with Crippen LogP contribution in [0.25, 0.3) is 0 Å². The van der Waals surface area contributed by atoms with E-state index in [0.29, 0.717) is 0 Å². The second kappa shape index (κ2) is 22.0. The van der Waals surface area contributed by atoms with Gasteiger partial charge in [-0.25, -0.2) is 0 Å². The minimum atomic E-state index is 0. The van der Waals surface area contributed by atoms with Crippen molar-refractivity contribution in [2.75, 3.05) is 0 Å². The molecule has 0 aliphatic carbocycles. The maximum Gasteiger partial charge on any atom is 0 e. The Bertz CT molecular complexity index is 8.00. The van der Waals surface area contributed by atoms with Gasteiger partial charge in [-0.05, 0) is 0 Å². The van der Waals surface area contributed by atoms with Gasteiger partial charge in [0.25, 0.3) is 0 Å². The van der Waals surface area contributed by atoms with Gasteiger partial charge in [-0.2, -0.15) is 0 Å². The Morgan fingerprint density at radius 1 is 1.00 bits per heavy atom. The summed E-state index contributed by atoms with van der Waals surface area (Å²) in [5.74, 6) is 0. The quantitative estimate of drug-likeness (QED) is 0.482. The van der Waals surface area contributed by atoms with Crippen LogP contribution < -0.4 is 6.15 Å². The molecule has 0 saturated carbocycles. The van der Waals surface area contributed by atoms with Gasteiger partial charge in [-0.15, -0.1) is 0 Å². The molecule has 3 N–H and O–H groups in total. The van der Waals surface area contributed by atoms with E-state index in [-0.39, 0.29) is 62.3 Å². The summed E-state index contributed by atoms with van der Waals surface area (Å²) in [5, 5.41) is 0. The molecule has 0 unspecified atom stereocenters. The molecule has 0 aliphatic heterocycles. The van der Waals surface area contributed by atoms with Crippen molar-refractivity contribution in [2.45, 2.75) is 0 Å². The van der Waals surface area contributed by atoms with Gasteiger partial charge in [0.15, 0.2) is 0 Å². The van der Waals surface area contributed by atoms with Crippen molar-refractivity contribution in [2.24, 2.45) is 0 Å². The minimum Gasteiger partial charge on any atom is -0.344 e. The average molecular weight is 155 g/mol. The van der Waals surface area contributed by atoms with E-state index in [0.717, 1.165) is 0 Å². The molecule has 0 bridgehead atoms. The standard InChI is InChI=1S/Al.Cu.H3N.Ti/h;;1H3;. The molecule has 0 amide bonds. The molecule has 0 atom stereocenters. The fourth-order valence-electron chi connectivity index (χ4n) is 0. The molecule has 4 radical (unpaired) electrons. The topological polar surface area (TPSA) is 35.0 Å². The van der Waals surface area contributed by atoms with Crippen molar-refractivity contribution in [1.82, 2.24) is 6.15 Å². The van der Waals surface area contributed by atoms with Crippen LogP contribution in [0, 0.1) is 0 Å².